The van der Waals surface area contributed by atoms with Gasteiger partial charge in [0.05, 0.1) is 6.54 Å². The molecule has 0 heterocycles. The lowest BCUT2D eigenvalue weighted by Crippen LogP contribution is -2.42. The van der Waals surface area contributed by atoms with Crippen molar-refractivity contribution in [3.8, 4) is 11.8 Å². The van der Waals surface area contributed by atoms with E-state index in [9.17, 15) is 4.79 Å². The number of hydrogen-bond donors (Lipinski definition) is 1. The monoisotopic (exact) mass is 284 g/mol. The lowest BCUT2D eigenvalue weighted by molar-refractivity contribution is 0.0629. The van der Waals surface area contributed by atoms with Crippen molar-refractivity contribution < 1.29 is 4.79 Å². The normalized spacial score (nSPS) is 21.3. The molecule has 1 aliphatic carbocycles. The first-order valence-corrected chi connectivity index (χ1v) is 7.69. The van der Waals surface area contributed by atoms with Crippen LogP contribution >= 0.6 is 0 Å². The van der Waals surface area contributed by atoms with Gasteiger partial charge in [0.1, 0.15) is 0 Å². The van der Waals surface area contributed by atoms with Crippen LogP contribution in [0.25, 0.3) is 0 Å². The van der Waals surface area contributed by atoms with Crippen LogP contribution in [-0.2, 0) is 0 Å². The average Bonchev–Trinajstić information content (AvgIpc) is 2.52. The summed E-state index contributed by atoms with van der Waals surface area (Å²) in [7, 11) is 1.93. The molecule has 1 saturated carbocycles. The smallest absolute Gasteiger partial charge is 0.253 e. The number of hydrogen-bond acceptors (Lipinski definition) is 2. The van der Waals surface area contributed by atoms with Crippen molar-refractivity contribution in [2.75, 3.05) is 13.6 Å². The van der Waals surface area contributed by atoms with Gasteiger partial charge in [-0.15, -0.1) is 0 Å². The van der Waals surface area contributed by atoms with Gasteiger partial charge in [0, 0.05) is 24.2 Å². The minimum absolute atomic E-state index is 0.104. The molecule has 3 nitrogen and oxygen atoms in total. The van der Waals surface area contributed by atoms with Crippen LogP contribution in [0.5, 0.6) is 0 Å². The minimum Gasteiger partial charge on any atom is -0.338 e. The third kappa shape index (κ3) is 3.86. The van der Waals surface area contributed by atoms with E-state index in [1.54, 1.807) is 0 Å². The molecule has 1 amide bonds. The molecule has 0 radical (unpaired) electrons. The number of benzene rings is 1. The molecule has 1 aromatic carbocycles. The molecule has 2 atom stereocenters. The van der Waals surface area contributed by atoms with Crippen molar-refractivity contribution in [3.63, 3.8) is 0 Å². The lowest BCUT2D eigenvalue weighted by Gasteiger charge is -2.36. The molecule has 0 saturated heterocycles. The maximum Gasteiger partial charge on any atom is 0.253 e. The number of carbonyl (C=O) groups excluding carboxylic acids is 1. The van der Waals surface area contributed by atoms with Gasteiger partial charge in [0.25, 0.3) is 5.91 Å². The fourth-order valence-corrected chi connectivity index (χ4v) is 3.08. The topological polar surface area (TPSA) is 46.3 Å². The van der Waals surface area contributed by atoms with Crippen LogP contribution in [0.3, 0.4) is 0 Å². The summed E-state index contributed by atoms with van der Waals surface area (Å²) in [4.78, 5) is 14.5. The van der Waals surface area contributed by atoms with Gasteiger partial charge in [0.15, 0.2) is 0 Å². The van der Waals surface area contributed by atoms with E-state index in [0.29, 0.717) is 18.5 Å². The Morgan fingerprint density at radius 2 is 1.95 bits per heavy atom. The van der Waals surface area contributed by atoms with Crippen molar-refractivity contribution >= 4 is 5.91 Å². The number of carbonyl (C=O) groups is 1. The molecule has 3 heteroatoms. The molecule has 2 N–H and O–H groups in total. The molecule has 0 bridgehead atoms. The molecule has 1 aliphatic rings. The average molecular weight is 284 g/mol. The summed E-state index contributed by atoms with van der Waals surface area (Å²) >= 11 is 0. The van der Waals surface area contributed by atoms with Gasteiger partial charge in [-0.3, -0.25) is 4.79 Å². The molecule has 2 rings (SSSR count). The zero-order chi connectivity index (χ0) is 15.2. The largest absolute Gasteiger partial charge is 0.338 e. The van der Waals surface area contributed by atoms with Crippen LogP contribution in [0.2, 0.25) is 0 Å². The Bertz CT molecular complexity index is 539. The lowest BCUT2D eigenvalue weighted by atomic mass is 9.85. The summed E-state index contributed by atoms with van der Waals surface area (Å²) in [5, 5.41) is 0. The quantitative estimate of drug-likeness (QED) is 0.849. The molecule has 0 aliphatic heterocycles. The summed E-state index contributed by atoms with van der Waals surface area (Å²) in [5.74, 6) is 6.48. The Kier molecular flexibility index (Phi) is 5.41. The summed E-state index contributed by atoms with van der Waals surface area (Å²) in [6.45, 7) is 2.60. The van der Waals surface area contributed by atoms with Crippen molar-refractivity contribution in [2.24, 2.45) is 11.7 Å². The van der Waals surface area contributed by atoms with E-state index in [0.717, 1.165) is 17.5 Å². The van der Waals surface area contributed by atoms with Crippen LogP contribution < -0.4 is 5.73 Å². The summed E-state index contributed by atoms with van der Waals surface area (Å²) in [5.41, 5.74) is 6.98. The first kappa shape index (κ1) is 15.6. The number of rotatable bonds is 2. The highest BCUT2D eigenvalue weighted by atomic mass is 16.2. The van der Waals surface area contributed by atoms with Gasteiger partial charge in [-0.2, -0.15) is 0 Å². The molecule has 0 aromatic heterocycles. The number of nitrogens with two attached hydrogens (primary N) is 1. The van der Waals surface area contributed by atoms with E-state index in [1.165, 1.54) is 19.3 Å². The number of nitrogens with zero attached hydrogens (tertiary/aromatic N) is 1. The maximum atomic E-state index is 12.6. The van der Waals surface area contributed by atoms with Gasteiger partial charge in [-0.25, -0.2) is 0 Å². The van der Waals surface area contributed by atoms with Crippen molar-refractivity contribution in [2.45, 2.75) is 38.6 Å². The second-order valence-corrected chi connectivity index (χ2v) is 5.83. The van der Waals surface area contributed by atoms with Crippen molar-refractivity contribution in [1.29, 1.82) is 0 Å². The Balaban J connectivity index is 2.08. The Morgan fingerprint density at radius 3 is 2.57 bits per heavy atom. The first-order chi connectivity index (χ1) is 10.1. The van der Waals surface area contributed by atoms with E-state index in [4.69, 9.17) is 5.73 Å². The third-order valence-electron chi connectivity index (χ3n) is 4.35. The summed E-state index contributed by atoms with van der Waals surface area (Å²) < 4.78 is 0. The second kappa shape index (κ2) is 7.28. The highest BCUT2D eigenvalue weighted by Crippen LogP contribution is 2.28. The van der Waals surface area contributed by atoms with Crippen LogP contribution in [0, 0.1) is 17.8 Å². The third-order valence-corrected chi connectivity index (χ3v) is 4.35. The van der Waals surface area contributed by atoms with Crippen LogP contribution in [0.4, 0.5) is 0 Å². The molecular formula is C18H24N2O. The van der Waals surface area contributed by atoms with Crippen LogP contribution in [0.1, 0.15) is 48.5 Å². The van der Waals surface area contributed by atoms with E-state index >= 15 is 0 Å². The summed E-state index contributed by atoms with van der Waals surface area (Å²) in [6, 6.07) is 7.84. The Morgan fingerprint density at radius 1 is 1.29 bits per heavy atom. The maximum absolute atomic E-state index is 12.6. The van der Waals surface area contributed by atoms with Crippen molar-refractivity contribution in [1.82, 2.24) is 4.90 Å². The molecule has 2 unspecified atom stereocenters. The Labute approximate surface area is 127 Å². The SMILES string of the molecule is CC1CCCCC1N(C)C(=O)c1ccc(C#CCN)cc1. The zero-order valence-corrected chi connectivity index (χ0v) is 12.9. The summed E-state index contributed by atoms with van der Waals surface area (Å²) in [6.07, 6.45) is 4.84. The molecule has 112 valence electrons. The zero-order valence-electron chi connectivity index (χ0n) is 12.9. The molecular weight excluding hydrogens is 260 g/mol. The highest BCUT2D eigenvalue weighted by Gasteiger charge is 2.28. The van der Waals surface area contributed by atoms with Gasteiger partial charge in [-0.1, -0.05) is 31.6 Å². The fraction of sp³-hybridized carbons (Fsp3) is 0.500. The van der Waals surface area contributed by atoms with E-state index in [1.807, 2.05) is 36.2 Å². The van der Waals surface area contributed by atoms with E-state index in [-0.39, 0.29) is 5.91 Å². The van der Waals surface area contributed by atoms with Gasteiger partial charge < -0.3 is 10.6 Å². The van der Waals surface area contributed by atoms with Crippen molar-refractivity contribution in [3.05, 3.63) is 35.4 Å². The van der Waals surface area contributed by atoms with Crippen LogP contribution in [0.15, 0.2) is 24.3 Å². The molecule has 1 fully saturated rings. The van der Waals surface area contributed by atoms with E-state index < -0.39 is 0 Å². The standard InChI is InChI=1S/C18H24N2O/c1-14-6-3-4-8-17(14)20(2)18(21)16-11-9-15(10-12-16)7-5-13-19/h9-12,14,17H,3-4,6,8,13,19H2,1-2H3. The second-order valence-electron chi connectivity index (χ2n) is 5.83. The van der Waals surface area contributed by atoms with Gasteiger partial charge in [-0.05, 0) is 43.0 Å². The molecule has 1 aromatic rings. The van der Waals surface area contributed by atoms with E-state index in [2.05, 4.69) is 18.8 Å². The van der Waals surface area contributed by atoms with Gasteiger partial charge in [0.2, 0.25) is 0 Å². The van der Waals surface area contributed by atoms with Gasteiger partial charge >= 0.3 is 0 Å². The predicted molar refractivity (Wildman–Crippen MR) is 85.9 cm³/mol. The Hall–Kier alpha value is -1.79. The highest BCUT2D eigenvalue weighted by molar-refractivity contribution is 5.94. The first-order valence-electron chi connectivity index (χ1n) is 7.69. The number of amides is 1. The molecule has 0 spiro atoms. The van der Waals surface area contributed by atoms with Crippen LogP contribution in [-0.4, -0.2) is 30.4 Å². The minimum atomic E-state index is 0.104. The fourth-order valence-electron chi connectivity index (χ4n) is 3.08. The molecule has 21 heavy (non-hydrogen) atoms. The predicted octanol–water partition coefficient (Wildman–Crippen LogP) is 2.65.